The number of nitrogens with one attached hydrogen (secondary N) is 1. The van der Waals surface area contributed by atoms with Crippen LogP contribution in [0, 0.1) is 0 Å². The van der Waals surface area contributed by atoms with Gasteiger partial charge in [-0.15, -0.1) is 0 Å². The molecule has 8 heteroatoms. The molecule has 1 saturated carbocycles. The van der Waals surface area contributed by atoms with Gasteiger partial charge in [0.15, 0.2) is 0 Å². The minimum absolute atomic E-state index is 0.0615. The number of morpholine rings is 1. The van der Waals surface area contributed by atoms with Crippen molar-refractivity contribution < 1.29 is 14.3 Å². The van der Waals surface area contributed by atoms with Crippen molar-refractivity contribution in [2.24, 2.45) is 0 Å². The molecule has 0 bridgehead atoms. The van der Waals surface area contributed by atoms with E-state index in [1.165, 1.54) is 19.3 Å². The molecule has 1 N–H and O–H groups in total. The van der Waals surface area contributed by atoms with Gasteiger partial charge in [0.2, 0.25) is 5.91 Å². The summed E-state index contributed by atoms with van der Waals surface area (Å²) in [4.78, 5) is 32.3. The van der Waals surface area contributed by atoms with Crippen molar-refractivity contribution in [1.29, 1.82) is 0 Å². The maximum absolute atomic E-state index is 13.2. The molecule has 1 aliphatic carbocycles. The number of nitrogens with zero attached hydrogens (tertiary/aromatic N) is 4. The fourth-order valence-electron chi connectivity index (χ4n) is 5.28. The van der Waals surface area contributed by atoms with Crippen molar-refractivity contribution in [3.63, 3.8) is 0 Å². The van der Waals surface area contributed by atoms with Gasteiger partial charge >= 0.3 is 0 Å². The Labute approximate surface area is 185 Å². The van der Waals surface area contributed by atoms with E-state index < -0.39 is 0 Å². The predicted molar refractivity (Wildman–Crippen MR) is 118 cm³/mol. The number of carbonyl (C=O) groups excluding carboxylic acids is 2. The second-order valence-electron chi connectivity index (χ2n) is 9.29. The lowest BCUT2D eigenvalue weighted by Gasteiger charge is -2.34. The average Bonchev–Trinajstić information content (AvgIpc) is 3.33. The van der Waals surface area contributed by atoms with E-state index in [0.29, 0.717) is 24.6 Å². The van der Waals surface area contributed by atoms with Gasteiger partial charge in [0.1, 0.15) is 0 Å². The molecule has 1 atom stereocenters. The zero-order chi connectivity index (χ0) is 21.6. The van der Waals surface area contributed by atoms with Crippen molar-refractivity contribution >= 4 is 11.8 Å². The van der Waals surface area contributed by atoms with E-state index in [-0.39, 0.29) is 17.7 Å². The number of ether oxygens (including phenoxy) is 1. The van der Waals surface area contributed by atoms with Crippen LogP contribution in [-0.2, 0) is 9.53 Å². The highest BCUT2D eigenvalue weighted by atomic mass is 16.5. The van der Waals surface area contributed by atoms with E-state index in [0.717, 1.165) is 70.8 Å². The van der Waals surface area contributed by atoms with Gasteiger partial charge in [-0.2, -0.15) is 5.10 Å². The highest BCUT2D eigenvalue weighted by Gasteiger charge is 2.31. The summed E-state index contributed by atoms with van der Waals surface area (Å²) in [5, 5.41) is 7.32. The molecule has 0 radical (unpaired) electrons. The Morgan fingerprint density at radius 2 is 1.90 bits per heavy atom. The molecule has 8 nitrogen and oxygen atoms in total. The molecular formula is C23H37N5O3. The zero-order valence-electron chi connectivity index (χ0n) is 18.9. The van der Waals surface area contributed by atoms with Crippen LogP contribution in [0.4, 0.5) is 0 Å². The third-order valence-electron chi connectivity index (χ3n) is 7.27. The smallest absolute Gasteiger partial charge is 0.257 e. The summed E-state index contributed by atoms with van der Waals surface area (Å²) < 4.78 is 5.39. The van der Waals surface area contributed by atoms with Crippen molar-refractivity contribution in [2.45, 2.75) is 63.3 Å². The number of likely N-dealkylation sites (tertiary alicyclic amines) is 1. The molecule has 3 fully saturated rings. The minimum atomic E-state index is 0.0615. The molecular weight excluding hydrogens is 394 g/mol. The monoisotopic (exact) mass is 431 g/mol. The molecule has 4 rings (SSSR count). The van der Waals surface area contributed by atoms with E-state index in [1.54, 1.807) is 6.20 Å². The number of H-pyrrole nitrogens is 1. The van der Waals surface area contributed by atoms with Gasteiger partial charge in [0.05, 0.1) is 30.7 Å². The first kappa shape index (κ1) is 22.3. The number of amides is 2. The Morgan fingerprint density at radius 3 is 2.68 bits per heavy atom. The summed E-state index contributed by atoms with van der Waals surface area (Å²) in [6.07, 6.45) is 10.0. The van der Waals surface area contributed by atoms with Crippen molar-refractivity contribution in [1.82, 2.24) is 24.9 Å². The lowest BCUT2D eigenvalue weighted by atomic mass is 9.91. The van der Waals surface area contributed by atoms with Crippen LogP contribution in [0.2, 0.25) is 0 Å². The molecule has 2 amide bonds. The maximum atomic E-state index is 13.2. The molecule has 1 aromatic heterocycles. The number of rotatable bonds is 6. The Balaban J connectivity index is 1.35. The topological polar surface area (TPSA) is 81.8 Å². The molecule has 2 aliphatic heterocycles. The number of aromatic amines is 1. The predicted octanol–water partition coefficient (Wildman–Crippen LogP) is 2.24. The Kier molecular flexibility index (Phi) is 7.61. The van der Waals surface area contributed by atoms with Gasteiger partial charge < -0.3 is 14.5 Å². The zero-order valence-corrected chi connectivity index (χ0v) is 18.9. The summed E-state index contributed by atoms with van der Waals surface area (Å²) in [6.45, 7) is 5.59. The van der Waals surface area contributed by atoms with Crippen LogP contribution in [-0.4, -0.2) is 95.7 Å². The third-order valence-corrected chi connectivity index (χ3v) is 7.27. The Hall–Kier alpha value is -1.93. The van der Waals surface area contributed by atoms with Crippen LogP contribution >= 0.6 is 0 Å². The van der Waals surface area contributed by atoms with E-state index in [4.69, 9.17) is 4.74 Å². The Bertz CT molecular complexity index is 739. The van der Waals surface area contributed by atoms with E-state index >= 15 is 0 Å². The summed E-state index contributed by atoms with van der Waals surface area (Å²) in [5.74, 6) is 0.414. The SMILES string of the molecule is CN(C(=O)c1cn[nH]c1[C@H]1CCCN(C(=O)CCN2CCOCC2)C1)C1CCCCC1. The first-order valence-corrected chi connectivity index (χ1v) is 12.0. The molecule has 0 unspecified atom stereocenters. The number of piperidine rings is 1. The lowest BCUT2D eigenvalue weighted by molar-refractivity contribution is -0.133. The highest BCUT2D eigenvalue weighted by molar-refractivity contribution is 5.95. The van der Waals surface area contributed by atoms with Crippen LogP contribution in [0.3, 0.4) is 0 Å². The van der Waals surface area contributed by atoms with E-state index in [9.17, 15) is 9.59 Å². The lowest BCUT2D eigenvalue weighted by Crippen LogP contribution is -2.43. The van der Waals surface area contributed by atoms with Crippen molar-refractivity contribution in [2.75, 3.05) is 53.0 Å². The van der Waals surface area contributed by atoms with Gasteiger partial charge in [-0.05, 0) is 25.7 Å². The second kappa shape index (κ2) is 10.6. The van der Waals surface area contributed by atoms with Gasteiger partial charge in [-0.1, -0.05) is 19.3 Å². The average molecular weight is 432 g/mol. The largest absolute Gasteiger partial charge is 0.379 e. The van der Waals surface area contributed by atoms with Gasteiger partial charge in [0, 0.05) is 58.2 Å². The van der Waals surface area contributed by atoms with Crippen LogP contribution in [0.1, 0.15) is 73.3 Å². The van der Waals surface area contributed by atoms with Crippen LogP contribution in [0.5, 0.6) is 0 Å². The first-order chi connectivity index (χ1) is 15.1. The molecule has 0 aromatic carbocycles. The van der Waals surface area contributed by atoms with Gasteiger partial charge in [-0.25, -0.2) is 0 Å². The van der Waals surface area contributed by atoms with E-state index in [1.807, 2.05) is 16.8 Å². The third kappa shape index (κ3) is 5.47. The number of carbonyl (C=O) groups is 2. The molecule has 3 heterocycles. The first-order valence-electron chi connectivity index (χ1n) is 12.0. The fraction of sp³-hybridized carbons (Fsp3) is 0.783. The van der Waals surface area contributed by atoms with E-state index in [2.05, 4.69) is 15.1 Å². The number of hydrogen-bond donors (Lipinski definition) is 1. The van der Waals surface area contributed by atoms with Crippen molar-refractivity contribution in [3.05, 3.63) is 17.5 Å². The minimum Gasteiger partial charge on any atom is -0.379 e. The molecule has 31 heavy (non-hydrogen) atoms. The second-order valence-corrected chi connectivity index (χ2v) is 9.29. The summed E-state index contributed by atoms with van der Waals surface area (Å²) in [6, 6.07) is 0.327. The van der Waals surface area contributed by atoms with Crippen LogP contribution < -0.4 is 0 Å². The molecule has 1 aromatic rings. The standard InChI is InChI=1S/C23H37N5O3/c1-26(19-7-3-2-4-8-19)23(30)20-16-24-25-22(20)18-6-5-10-28(17-18)21(29)9-11-27-12-14-31-15-13-27/h16,18-19H,2-15,17H2,1H3,(H,24,25)/t18-/m0/s1. The van der Waals surface area contributed by atoms with Crippen LogP contribution in [0.15, 0.2) is 6.20 Å². The Morgan fingerprint density at radius 1 is 1.13 bits per heavy atom. The normalized spacial score (nSPS) is 23.6. The fourth-order valence-corrected chi connectivity index (χ4v) is 5.28. The summed E-state index contributed by atoms with van der Waals surface area (Å²) in [5.41, 5.74) is 1.58. The molecule has 172 valence electrons. The summed E-state index contributed by atoms with van der Waals surface area (Å²) in [7, 11) is 1.93. The van der Waals surface area contributed by atoms with Crippen LogP contribution in [0.25, 0.3) is 0 Å². The quantitative estimate of drug-likeness (QED) is 0.747. The van der Waals surface area contributed by atoms with Gasteiger partial charge in [-0.3, -0.25) is 19.6 Å². The van der Waals surface area contributed by atoms with Gasteiger partial charge in [0.25, 0.3) is 5.91 Å². The number of aromatic nitrogens is 2. The highest BCUT2D eigenvalue weighted by Crippen LogP contribution is 2.30. The number of hydrogen-bond acceptors (Lipinski definition) is 5. The molecule has 2 saturated heterocycles. The maximum Gasteiger partial charge on any atom is 0.257 e. The molecule has 3 aliphatic rings. The molecule has 0 spiro atoms. The summed E-state index contributed by atoms with van der Waals surface area (Å²) >= 11 is 0. The van der Waals surface area contributed by atoms with Crippen molar-refractivity contribution in [3.8, 4) is 0 Å².